The van der Waals surface area contributed by atoms with E-state index in [9.17, 15) is 4.79 Å². The number of hydrogen-bond acceptors (Lipinski definition) is 5. The first kappa shape index (κ1) is 17.1. The molecule has 2 aromatic carbocycles. The molecule has 1 atom stereocenters. The molecule has 1 aromatic heterocycles. The molecule has 1 saturated heterocycles. The van der Waals surface area contributed by atoms with Crippen LogP contribution in [0, 0.1) is 0 Å². The third-order valence-electron chi connectivity index (χ3n) is 4.61. The molecular weight excluding hydrogens is 344 g/mol. The van der Waals surface area contributed by atoms with E-state index < -0.39 is 0 Å². The van der Waals surface area contributed by atoms with Gasteiger partial charge in [0.1, 0.15) is 11.8 Å². The third-order valence-corrected chi connectivity index (χ3v) is 4.61. The summed E-state index contributed by atoms with van der Waals surface area (Å²) in [5, 5.41) is 7.01. The molecule has 7 heteroatoms. The number of nitrogens with one attached hydrogen (secondary N) is 1. The lowest BCUT2D eigenvalue weighted by molar-refractivity contribution is 0.193. The molecule has 27 heavy (non-hydrogen) atoms. The molecule has 2 heterocycles. The molecule has 0 spiro atoms. The van der Waals surface area contributed by atoms with Crippen LogP contribution in [-0.4, -0.2) is 34.7 Å². The van der Waals surface area contributed by atoms with Crippen molar-refractivity contribution in [2.75, 3.05) is 19.0 Å². The lowest BCUT2D eigenvalue weighted by Crippen LogP contribution is -2.34. The maximum absolute atomic E-state index is 12.7. The molecule has 0 radical (unpaired) electrons. The molecule has 7 nitrogen and oxygen atoms in total. The quantitative estimate of drug-likeness (QED) is 0.753. The molecule has 2 amide bonds. The van der Waals surface area contributed by atoms with Crippen LogP contribution in [-0.2, 0) is 0 Å². The van der Waals surface area contributed by atoms with Crippen molar-refractivity contribution in [2.45, 2.75) is 18.9 Å². The number of amides is 2. The Labute approximate surface area is 156 Å². The van der Waals surface area contributed by atoms with Gasteiger partial charge >= 0.3 is 6.03 Å². The zero-order valence-electron chi connectivity index (χ0n) is 15.0. The van der Waals surface area contributed by atoms with Gasteiger partial charge in [0, 0.05) is 12.2 Å². The number of carbonyl (C=O) groups is 1. The number of urea groups is 1. The van der Waals surface area contributed by atoms with Crippen LogP contribution in [0.2, 0.25) is 0 Å². The number of benzene rings is 2. The summed E-state index contributed by atoms with van der Waals surface area (Å²) in [6.07, 6.45) is 1.68. The number of rotatable bonds is 4. The first-order valence-electron chi connectivity index (χ1n) is 8.86. The number of likely N-dealkylation sites (tertiary alicyclic amines) is 1. The van der Waals surface area contributed by atoms with Crippen molar-refractivity contribution >= 4 is 11.7 Å². The molecule has 1 unspecified atom stereocenters. The predicted octanol–water partition coefficient (Wildman–Crippen LogP) is 4.11. The smallest absolute Gasteiger partial charge is 0.322 e. The van der Waals surface area contributed by atoms with Gasteiger partial charge in [0.25, 0.3) is 0 Å². The molecule has 0 saturated carbocycles. The largest absolute Gasteiger partial charge is 0.496 e. The summed E-state index contributed by atoms with van der Waals surface area (Å²) < 4.78 is 10.9. The predicted molar refractivity (Wildman–Crippen MR) is 100 cm³/mol. The second-order valence-corrected chi connectivity index (χ2v) is 6.30. The molecule has 1 N–H and O–H groups in total. The fourth-order valence-electron chi connectivity index (χ4n) is 3.29. The zero-order valence-corrected chi connectivity index (χ0v) is 15.0. The molecule has 138 valence electrons. The van der Waals surface area contributed by atoms with Crippen LogP contribution in [0.4, 0.5) is 10.5 Å². The van der Waals surface area contributed by atoms with E-state index in [4.69, 9.17) is 9.26 Å². The summed E-state index contributed by atoms with van der Waals surface area (Å²) >= 11 is 0. The third kappa shape index (κ3) is 3.48. The highest BCUT2D eigenvalue weighted by Crippen LogP contribution is 2.34. The second kappa shape index (κ2) is 7.49. The van der Waals surface area contributed by atoms with Gasteiger partial charge in [0.05, 0.1) is 12.7 Å². The zero-order chi connectivity index (χ0) is 18.6. The van der Waals surface area contributed by atoms with Gasteiger partial charge in [-0.2, -0.15) is 4.98 Å². The fraction of sp³-hybridized carbons (Fsp3) is 0.250. The van der Waals surface area contributed by atoms with Crippen LogP contribution in [0.15, 0.2) is 59.1 Å². The standard InChI is InChI=1S/C20H20N4O3/c1-26-17-12-6-5-10-15(17)18-22-19(27-23-18)16-11-7-13-24(16)20(25)21-14-8-3-2-4-9-14/h2-6,8-10,12,16H,7,11,13H2,1H3,(H,21,25). The van der Waals surface area contributed by atoms with E-state index in [1.165, 1.54) is 0 Å². The number of methoxy groups -OCH3 is 1. The van der Waals surface area contributed by atoms with Gasteiger partial charge in [0.2, 0.25) is 11.7 Å². The Bertz CT molecular complexity index is 926. The molecule has 0 aliphatic carbocycles. The fourth-order valence-corrected chi connectivity index (χ4v) is 3.29. The molecular formula is C20H20N4O3. The number of aromatic nitrogens is 2. The van der Waals surface area contributed by atoms with E-state index in [0.29, 0.717) is 24.0 Å². The topological polar surface area (TPSA) is 80.5 Å². The highest BCUT2D eigenvalue weighted by atomic mass is 16.5. The minimum atomic E-state index is -0.232. The number of nitrogens with zero attached hydrogens (tertiary/aromatic N) is 3. The Hall–Kier alpha value is -3.35. The van der Waals surface area contributed by atoms with Gasteiger partial charge in [-0.15, -0.1) is 0 Å². The minimum Gasteiger partial charge on any atom is -0.496 e. The summed E-state index contributed by atoms with van der Waals surface area (Å²) in [6.45, 7) is 0.649. The van der Waals surface area contributed by atoms with Gasteiger partial charge in [-0.1, -0.05) is 35.5 Å². The normalized spacial score (nSPS) is 16.3. The summed E-state index contributed by atoms with van der Waals surface area (Å²) in [4.78, 5) is 19.0. The van der Waals surface area contributed by atoms with Crippen molar-refractivity contribution in [3.8, 4) is 17.1 Å². The molecule has 1 aliphatic rings. The summed E-state index contributed by atoms with van der Waals surface area (Å²) in [7, 11) is 1.60. The van der Waals surface area contributed by atoms with Crippen molar-refractivity contribution in [1.82, 2.24) is 15.0 Å². The lowest BCUT2D eigenvalue weighted by Gasteiger charge is -2.22. The average Bonchev–Trinajstić information content (AvgIpc) is 3.38. The van der Waals surface area contributed by atoms with Crippen LogP contribution in [0.1, 0.15) is 24.8 Å². The highest BCUT2D eigenvalue weighted by Gasteiger charge is 2.34. The second-order valence-electron chi connectivity index (χ2n) is 6.30. The summed E-state index contributed by atoms with van der Waals surface area (Å²) in [5.41, 5.74) is 1.52. The number of para-hydroxylation sites is 2. The van der Waals surface area contributed by atoms with Gasteiger partial charge < -0.3 is 19.5 Å². The average molecular weight is 364 g/mol. The van der Waals surface area contributed by atoms with Crippen molar-refractivity contribution in [1.29, 1.82) is 0 Å². The van der Waals surface area contributed by atoms with Crippen molar-refractivity contribution in [3.05, 3.63) is 60.5 Å². The molecule has 3 aromatic rings. The van der Waals surface area contributed by atoms with E-state index in [2.05, 4.69) is 15.5 Å². The van der Waals surface area contributed by atoms with Crippen LogP contribution < -0.4 is 10.1 Å². The Balaban J connectivity index is 1.54. The first-order valence-corrected chi connectivity index (χ1v) is 8.86. The van der Waals surface area contributed by atoms with Gasteiger partial charge in [-0.05, 0) is 37.1 Å². The number of anilines is 1. The van der Waals surface area contributed by atoms with Gasteiger partial charge in [0.15, 0.2) is 0 Å². The molecule has 1 aliphatic heterocycles. The van der Waals surface area contributed by atoms with Crippen LogP contribution >= 0.6 is 0 Å². The van der Waals surface area contributed by atoms with Crippen molar-refractivity contribution in [2.24, 2.45) is 0 Å². The van der Waals surface area contributed by atoms with Gasteiger partial charge in [-0.25, -0.2) is 4.79 Å². The Kier molecular flexibility index (Phi) is 4.74. The Morgan fingerprint density at radius 2 is 1.96 bits per heavy atom. The highest BCUT2D eigenvalue weighted by molar-refractivity contribution is 5.89. The monoisotopic (exact) mass is 364 g/mol. The first-order chi connectivity index (χ1) is 13.3. The van der Waals surface area contributed by atoms with E-state index in [-0.39, 0.29) is 12.1 Å². The summed E-state index contributed by atoms with van der Waals surface area (Å²) in [5.74, 6) is 1.57. The van der Waals surface area contributed by atoms with E-state index in [1.54, 1.807) is 12.0 Å². The number of carbonyl (C=O) groups excluding carboxylic acids is 1. The molecule has 1 fully saturated rings. The summed E-state index contributed by atoms with van der Waals surface area (Å²) in [6, 6.07) is 16.5. The van der Waals surface area contributed by atoms with E-state index in [1.807, 2.05) is 54.6 Å². The maximum atomic E-state index is 12.7. The van der Waals surface area contributed by atoms with Crippen LogP contribution in [0.5, 0.6) is 5.75 Å². The van der Waals surface area contributed by atoms with Gasteiger partial charge in [-0.3, -0.25) is 0 Å². The number of ether oxygens (including phenoxy) is 1. The Morgan fingerprint density at radius 1 is 1.19 bits per heavy atom. The Morgan fingerprint density at radius 3 is 2.78 bits per heavy atom. The SMILES string of the molecule is COc1ccccc1-c1noc(C2CCCN2C(=O)Nc2ccccc2)n1. The molecule has 0 bridgehead atoms. The molecule has 4 rings (SSSR count). The number of hydrogen-bond donors (Lipinski definition) is 1. The maximum Gasteiger partial charge on any atom is 0.322 e. The van der Waals surface area contributed by atoms with Crippen LogP contribution in [0.3, 0.4) is 0 Å². The minimum absolute atomic E-state index is 0.166. The van der Waals surface area contributed by atoms with Crippen molar-refractivity contribution in [3.63, 3.8) is 0 Å². The van der Waals surface area contributed by atoms with Crippen LogP contribution in [0.25, 0.3) is 11.4 Å². The van der Waals surface area contributed by atoms with E-state index >= 15 is 0 Å². The van der Waals surface area contributed by atoms with E-state index in [0.717, 1.165) is 24.1 Å². The lowest BCUT2D eigenvalue weighted by atomic mass is 10.2. The van der Waals surface area contributed by atoms with Crippen molar-refractivity contribution < 1.29 is 14.1 Å².